The fraction of sp³-hybridized carbons (Fsp3) is 0.143. The summed E-state index contributed by atoms with van der Waals surface area (Å²) in [5.74, 6) is 0. The Bertz CT molecular complexity index is 380. The lowest BCUT2D eigenvalue weighted by Gasteiger charge is -2.08. The van der Waals surface area contributed by atoms with Crippen molar-refractivity contribution in [1.29, 1.82) is 0 Å². The molecule has 0 aliphatic carbocycles. The van der Waals surface area contributed by atoms with Gasteiger partial charge in [0.15, 0.2) is 0 Å². The maximum absolute atomic E-state index is 12.0. The van der Waals surface area contributed by atoms with E-state index in [4.69, 9.17) is 0 Å². The molecule has 13 heavy (non-hydrogen) atoms. The third kappa shape index (κ3) is 2.17. The smallest absolute Gasteiger partial charge is 0.319 e. The fourth-order valence-corrected chi connectivity index (χ4v) is 0.683. The molecule has 0 saturated carbocycles. The highest BCUT2D eigenvalue weighted by Gasteiger charge is 2.33. The van der Waals surface area contributed by atoms with Crippen LogP contribution in [0.4, 0.5) is 13.2 Å². The molecule has 0 radical (unpaired) electrons. The van der Waals surface area contributed by atoms with Gasteiger partial charge in [-0.15, -0.1) is 0 Å². The van der Waals surface area contributed by atoms with Crippen LogP contribution in [0.25, 0.3) is 5.57 Å². The van der Waals surface area contributed by atoms with Crippen molar-refractivity contribution >= 4 is 5.57 Å². The van der Waals surface area contributed by atoms with Crippen LogP contribution in [0.5, 0.6) is 0 Å². The van der Waals surface area contributed by atoms with Gasteiger partial charge in [-0.05, 0) is 0 Å². The van der Waals surface area contributed by atoms with Crippen LogP contribution in [-0.2, 0) is 0 Å². The zero-order valence-corrected chi connectivity index (χ0v) is 6.35. The van der Waals surface area contributed by atoms with Gasteiger partial charge in [0.2, 0.25) is 0 Å². The molecule has 1 aromatic heterocycles. The average Bonchev–Trinajstić information content (AvgIpc) is 2.01. The largest absolute Gasteiger partial charge is 0.417 e. The topological polar surface area (TPSA) is 45.8 Å². The molecule has 0 fully saturated rings. The van der Waals surface area contributed by atoms with Crippen molar-refractivity contribution in [3.05, 3.63) is 35.0 Å². The highest BCUT2D eigenvalue weighted by Crippen LogP contribution is 2.29. The van der Waals surface area contributed by atoms with Gasteiger partial charge in [-0.25, -0.2) is 0 Å². The standard InChI is InChI=1S/C7H5F3N2O/c1-4(7(8,9)10)5-2-11-3-6(13)12-5/h2-3H,1H2,(H,12,13). The van der Waals surface area contributed by atoms with E-state index in [1.165, 1.54) is 0 Å². The maximum Gasteiger partial charge on any atom is 0.417 e. The Morgan fingerprint density at radius 1 is 1.46 bits per heavy atom. The zero-order chi connectivity index (χ0) is 10.1. The lowest BCUT2D eigenvalue weighted by atomic mass is 10.2. The Balaban J connectivity index is 3.10. The molecule has 0 unspecified atom stereocenters. The van der Waals surface area contributed by atoms with Gasteiger partial charge < -0.3 is 4.98 Å². The molecular weight excluding hydrogens is 185 g/mol. The second kappa shape index (κ2) is 3.04. The summed E-state index contributed by atoms with van der Waals surface area (Å²) in [6.07, 6.45) is -2.77. The number of alkyl halides is 3. The van der Waals surface area contributed by atoms with Crippen molar-refractivity contribution in [1.82, 2.24) is 9.97 Å². The first-order valence-corrected chi connectivity index (χ1v) is 3.22. The summed E-state index contributed by atoms with van der Waals surface area (Å²) in [6.45, 7) is 2.80. The lowest BCUT2D eigenvalue weighted by molar-refractivity contribution is -0.0689. The lowest BCUT2D eigenvalue weighted by Crippen LogP contribution is -2.15. The molecule has 0 saturated heterocycles. The minimum atomic E-state index is -4.55. The van der Waals surface area contributed by atoms with E-state index in [1.54, 1.807) is 0 Å². The van der Waals surface area contributed by atoms with Crippen molar-refractivity contribution in [2.75, 3.05) is 0 Å². The number of H-pyrrole nitrogens is 1. The first-order chi connectivity index (χ1) is 5.91. The first kappa shape index (κ1) is 9.50. The number of nitrogens with one attached hydrogen (secondary N) is 1. The second-order valence-corrected chi connectivity index (χ2v) is 2.29. The summed E-state index contributed by atoms with van der Waals surface area (Å²) in [5.41, 5.74) is -2.22. The van der Waals surface area contributed by atoms with E-state index in [0.29, 0.717) is 0 Å². The quantitative estimate of drug-likeness (QED) is 0.726. The summed E-state index contributed by atoms with van der Waals surface area (Å²) >= 11 is 0. The molecule has 0 aromatic carbocycles. The average molecular weight is 190 g/mol. The number of allylic oxidation sites excluding steroid dienone is 1. The van der Waals surface area contributed by atoms with Gasteiger partial charge in [0.25, 0.3) is 5.56 Å². The Morgan fingerprint density at radius 3 is 2.54 bits per heavy atom. The fourth-order valence-electron chi connectivity index (χ4n) is 0.683. The van der Waals surface area contributed by atoms with Gasteiger partial charge >= 0.3 is 6.18 Å². The van der Waals surface area contributed by atoms with Crippen LogP contribution in [0.15, 0.2) is 23.8 Å². The summed E-state index contributed by atoms with van der Waals surface area (Å²) in [5, 5.41) is 0. The number of hydrogen-bond acceptors (Lipinski definition) is 2. The van der Waals surface area contributed by atoms with E-state index in [-0.39, 0.29) is 0 Å². The molecule has 6 heteroatoms. The first-order valence-electron chi connectivity index (χ1n) is 3.22. The second-order valence-electron chi connectivity index (χ2n) is 2.29. The third-order valence-corrected chi connectivity index (χ3v) is 1.32. The molecular formula is C7H5F3N2O. The molecule has 1 N–H and O–H groups in total. The monoisotopic (exact) mass is 190 g/mol. The van der Waals surface area contributed by atoms with Crippen molar-refractivity contribution in [2.24, 2.45) is 0 Å². The molecule has 0 amide bonds. The number of rotatable bonds is 1. The van der Waals surface area contributed by atoms with Gasteiger partial charge in [-0.2, -0.15) is 13.2 Å². The van der Waals surface area contributed by atoms with Gasteiger partial charge in [0.05, 0.1) is 23.7 Å². The van der Waals surface area contributed by atoms with Gasteiger partial charge in [0.1, 0.15) is 0 Å². The van der Waals surface area contributed by atoms with E-state index in [1.807, 2.05) is 4.98 Å². The van der Waals surface area contributed by atoms with E-state index in [0.717, 1.165) is 12.4 Å². The maximum atomic E-state index is 12.0. The SMILES string of the molecule is C=C(c1cncc(=O)[nH]1)C(F)(F)F. The van der Waals surface area contributed by atoms with Crippen LogP contribution in [0.2, 0.25) is 0 Å². The Labute approximate surface area is 70.9 Å². The summed E-state index contributed by atoms with van der Waals surface area (Å²) in [6, 6.07) is 0. The van der Waals surface area contributed by atoms with Crippen molar-refractivity contribution in [2.45, 2.75) is 6.18 Å². The molecule has 0 atom stereocenters. The summed E-state index contributed by atoms with van der Waals surface area (Å²) in [7, 11) is 0. The molecule has 0 aliphatic heterocycles. The molecule has 1 heterocycles. The Hall–Kier alpha value is -1.59. The minimum absolute atomic E-state index is 0.417. The van der Waals surface area contributed by atoms with Crippen LogP contribution < -0.4 is 5.56 Å². The van der Waals surface area contributed by atoms with Gasteiger partial charge in [0, 0.05) is 0 Å². The Morgan fingerprint density at radius 2 is 2.08 bits per heavy atom. The molecule has 1 aromatic rings. The molecule has 0 aliphatic rings. The van der Waals surface area contributed by atoms with Gasteiger partial charge in [-0.3, -0.25) is 9.78 Å². The van der Waals surface area contributed by atoms with E-state index in [9.17, 15) is 18.0 Å². The molecule has 3 nitrogen and oxygen atoms in total. The van der Waals surface area contributed by atoms with E-state index >= 15 is 0 Å². The van der Waals surface area contributed by atoms with E-state index < -0.39 is 23.0 Å². The van der Waals surface area contributed by atoms with Crippen LogP contribution in [-0.4, -0.2) is 16.1 Å². The predicted octanol–water partition coefficient (Wildman–Crippen LogP) is 1.35. The van der Waals surface area contributed by atoms with Crippen LogP contribution in [0.1, 0.15) is 5.69 Å². The highest BCUT2D eigenvalue weighted by molar-refractivity contribution is 5.63. The Kier molecular flexibility index (Phi) is 2.22. The van der Waals surface area contributed by atoms with Crippen molar-refractivity contribution in [3.8, 4) is 0 Å². The summed E-state index contributed by atoms with van der Waals surface area (Å²) in [4.78, 5) is 15.9. The van der Waals surface area contributed by atoms with Crippen molar-refractivity contribution in [3.63, 3.8) is 0 Å². The number of aromatic amines is 1. The number of halogens is 3. The minimum Gasteiger partial charge on any atom is -0.319 e. The third-order valence-electron chi connectivity index (χ3n) is 1.32. The number of hydrogen-bond donors (Lipinski definition) is 1. The predicted molar refractivity (Wildman–Crippen MR) is 39.9 cm³/mol. The zero-order valence-electron chi connectivity index (χ0n) is 6.35. The molecule has 1 rings (SSSR count). The normalized spacial score (nSPS) is 11.3. The molecule has 0 bridgehead atoms. The van der Waals surface area contributed by atoms with Crippen LogP contribution in [0, 0.1) is 0 Å². The molecule has 0 spiro atoms. The van der Waals surface area contributed by atoms with E-state index in [2.05, 4.69) is 11.6 Å². The number of aromatic nitrogens is 2. The van der Waals surface area contributed by atoms with Gasteiger partial charge in [-0.1, -0.05) is 6.58 Å². The summed E-state index contributed by atoms with van der Waals surface area (Å²) < 4.78 is 36.1. The highest BCUT2D eigenvalue weighted by atomic mass is 19.4. The number of nitrogens with zero attached hydrogens (tertiary/aromatic N) is 1. The van der Waals surface area contributed by atoms with Crippen LogP contribution >= 0.6 is 0 Å². The van der Waals surface area contributed by atoms with Crippen LogP contribution in [0.3, 0.4) is 0 Å². The van der Waals surface area contributed by atoms with Crippen molar-refractivity contribution < 1.29 is 13.2 Å². The molecule has 70 valence electrons.